The monoisotopic (exact) mass is 529 g/mol. The molecule has 30 heavy (non-hydrogen) atoms. The second-order valence-corrected chi connectivity index (χ2v) is 6.93. The molecule has 1 aliphatic heterocycles. The lowest BCUT2D eigenvalue weighted by molar-refractivity contribution is -0.127. The van der Waals surface area contributed by atoms with E-state index in [-0.39, 0.29) is 35.7 Å². The van der Waals surface area contributed by atoms with E-state index in [1.165, 1.54) is 12.1 Å². The van der Waals surface area contributed by atoms with Crippen LogP contribution in [0.25, 0.3) is 11.5 Å². The average molecular weight is 529 g/mol. The Kier molecular flexibility index (Phi) is 10.0. The van der Waals surface area contributed by atoms with Gasteiger partial charge in [-0.15, -0.1) is 24.0 Å². The Morgan fingerprint density at radius 2 is 2.10 bits per heavy atom. The van der Waals surface area contributed by atoms with Crippen molar-refractivity contribution in [2.24, 2.45) is 4.99 Å². The van der Waals surface area contributed by atoms with Crippen molar-refractivity contribution in [1.29, 1.82) is 0 Å². The number of amides is 1. The van der Waals surface area contributed by atoms with Gasteiger partial charge in [0.1, 0.15) is 12.1 Å². The maximum absolute atomic E-state index is 13.0. The zero-order valence-corrected chi connectivity index (χ0v) is 19.5. The molecule has 0 aliphatic carbocycles. The van der Waals surface area contributed by atoms with Crippen molar-refractivity contribution in [2.45, 2.75) is 32.6 Å². The third-order valence-electron chi connectivity index (χ3n) is 4.69. The van der Waals surface area contributed by atoms with E-state index in [1.807, 2.05) is 11.8 Å². The highest BCUT2D eigenvalue weighted by atomic mass is 127. The number of carbonyl (C=O) groups excluding carboxylic acids is 1. The Hall–Kier alpha value is -2.17. The molecule has 1 saturated heterocycles. The molecular weight excluding hydrogens is 500 g/mol. The Labute approximate surface area is 193 Å². The van der Waals surface area contributed by atoms with E-state index in [0.717, 1.165) is 49.7 Å². The lowest BCUT2D eigenvalue weighted by atomic mass is 10.2. The van der Waals surface area contributed by atoms with Gasteiger partial charge >= 0.3 is 0 Å². The minimum Gasteiger partial charge on any atom is -0.444 e. The molecule has 3 rings (SSSR count). The Bertz CT molecular complexity index is 825. The van der Waals surface area contributed by atoms with Gasteiger partial charge in [-0.2, -0.15) is 0 Å². The highest BCUT2D eigenvalue weighted by Crippen LogP contribution is 2.19. The summed E-state index contributed by atoms with van der Waals surface area (Å²) >= 11 is 0. The quantitative estimate of drug-likeness (QED) is 0.226. The lowest BCUT2D eigenvalue weighted by Gasteiger charge is -2.15. The van der Waals surface area contributed by atoms with Gasteiger partial charge in [-0.3, -0.25) is 9.79 Å². The molecule has 7 nitrogen and oxygen atoms in total. The largest absolute Gasteiger partial charge is 0.444 e. The number of nitrogens with one attached hydrogen (secondary N) is 2. The van der Waals surface area contributed by atoms with E-state index in [2.05, 4.69) is 20.6 Å². The van der Waals surface area contributed by atoms with E-state index in [1.54, 1.807) is 18.4 Å². The van der Waals surface area contributed by atoms with Crippen LogP contribution in [0.15, 0.2) is 39.9 Å². The van der Waals surface area contributed by atoms with Gasteiger partial charge in [0.2, 0.25) is 11.8 Å². The average Bonchev–Trinajstić information content (AvgIpc) is 3.35. The van der Waals surface area contributed by atoms with E-state index in [4.69, 9.17) is 4.42 Å². The Morgan fingerprint density at radius 1 is 1.30 bits per heavy atom. The first-order valence-corrected chi connectivity index (χ1v) is 10.2. The number of hydrogen-bond acceptors (Lipinski definition) is 4. The first-order valence-electron chi connectivity index (χ1n) is 10.2. The van der Waals surface area contributed by atoms with Crippen molar-refractivity contribution in [2.75, 3.05) is 32.7 Å². The van der Waals surface area contributed by atoms with Crippen LogP contribution in [0.5, 0.6) is 0 Å². The molecular formula is C21H29FIN5O2. The van der Waals surface area contributed by atoms with Crippen LogP contribution in [0.1, 0.15) is 31.9 Å². The smallest absolute Gasteiger partial charge is 0.226 e. The van der Waals surface area contributed by atoms with Gasteiger partial charge in [0.25, 0.3) is 0 Å². The molecule has 2 N–H and O–H groups in total. The number of aromatic nitrogens is 1. The molecule has 1 aliphatic rings. The fourth-order valence-electron chi connectivity index (χ4n) is 3.19. The number of oxazole rings is 1. The number of rotatable bonds is 9. The molecule has 0 bridgehead atoms. The summed E-state index contributed by atoms with van der Waals surface area (Å²) in [6.07, 6.45) is 4.80. The highest BCUT2D eigenvalue weighted by Gasteiger charge is 2.18. The lowest BCUT2D eigenvalue weighted by Crippen LogP contribution is -2.38. The molecule has 0 radical (unpaired) electrons. The molecule has 1 aromatic carbocycles. The van der Waals surface area contributed by atoms with Crippen LogP contribution in [-0.2, 0) is 11.2 Å². The summed E-state index contributed by atoms with van der Waals surface area (Å²) in [7, 11) is 0. The van der Waals surface area contributed by atoms with Gasteiger partial charge in [0.05, 0.1) is 5.69 Å². The van der Waals surface area contributed by atoms with E-state index in [0.29, 0.717) is 31.8 Å². The molecule has 1 fully saturated rings. The number of carbonyl (C=O) groups is 1. The summed E-state index contributed by atoms with van der Waals surface area (Å²) < 4.78 is 18.5. The number of nitrogens with zero attached hydrogens (tertiary/aromatic N) is 3. The third kappa shape index (κ3) is 7.26. The fraction of sp³-hybridized carbons (Fsp3) is 0.476. The molecule has 2 heterocycles. The van der Waals surface area contributed by atoms with Gasteiger partial charge < -0.3 is 20.0 Å². The molecule has 9 heteroatoms. The molecule has 0 saturated carbocycles. The SMILES string of the molecule is CCNC(=NCCCN1CCCC1=O)NCCc1coc(-c2ccc(F)cc2)n1.I. The minimum absolute atomic E-state index is 0. The number of guanidine groups is 1. The Balaban J connectivity index is 0.00000320. The molecule has 2 aromatic rings. The zero-order chi connectivity index (χ0) is 20.5. The summed E-state index contributed by atoms with van der Waals surface area (Å²) in [5, 5.41) is 6.51. The highest BCUT2D eigenvalue weighted by molar-refractivity contribution is 14.0. The third-order valence-corrected chi connectivity index (χ3v) is 4.69. The van der Waals surface area contributed by atoms with Crippen LogP contribution >= 0.6 is 24.0 Å². The van der Waals surface area contributed by atoms with Crippen LogP contribution in [-0.4, -0.2) is 54.5 Å². The minimum atomic E-state index is -0.285. The van der Waals surface area contributed by atoms with Gasteiger partial charge in [-0.25, -0.2) is 9.37 Å². The van der Waals surface area contributed by atoms with Gasteiger partial charge in [0.15, 0.2) is 5.96 Å². The second kappa shape index (κ2) is 12.5. The van der Waals surface area contributed by atoms with Gasteiger partial charge in [-0.1, -0.05) is 0 Å². The van der Waals surface area contributed by atoms with Crippen molar-refractivity contribution >= 4 is 35.8 Å². The van der Waals surface area contributed by atoms with Gasteiger partial charge in [-0.05, 0) is 44.0 Å². The van der Waals surface area contributed by atoms with Crippen LogP contribution in [0.3, 0.4) is 0 Å². The van der Waals surface area contributed by atoms with Crippen LogP contribution in [0.2, 0.25) is 0 Å². The fourth-order valence-corrected chi connectivity index (χ4v) is 3.19. The maximum Gasteiger partial charge on any atom is 0.226 e. The van der Waals surface area contributed by atoms with Crippen molar-refractivity contribution in [3.63, 3.8) is 0 Å². The van der Waals surface area contributed by atoms with Crippen molar-refractivity contribution in [1.82, 2.24) is 20.5 Å². The predicted octanol–water partition coefficient (Wildman–Crippen LogP) is 3.21. The van der Waals surface area contributed by atoms with Crippen molar-refractivity contribution in [3.8, 4) is 11.5 Å². The normalized spacial score (nSPS) is 14.0. The number of halogens is 2. The number of hydrogen-bond donors (Lipinski definition) is 2. The summed E-state index contributed by atoms with van der Waals surface area (Å²) in [5.74, 6) is 1.21. The topological polar surface area (TPSA) is 82.8 Å². The van der Waals surface area contributed by atoms with E-state index >= 15 is 0 Å². The van der Waals surface area contributed by atoms with Crippen molar-refractivity contribution < 1.29 is 13.6 Å². The first kappa shape index (κ1) is 24.1. The summed E-state index contributed by atoms with van der Waals surface area (Å²) in [6, 6.07) is 6.07. The standard InChI is InChI=1S/C21H28FN5O2.HI/c1-2-23-21(24-11-4-14-27-13-3-5-19(27)28)25-12-10-18-15-29-20(26-18)16-6-8-17(22)9-7-16;/h6-9,15H,2-5,10-14H2,1H3,(H2,23,24,25);1H. The molecule has 0 spiro atoms. The van der Waals surface area contributed by atoms with Gasteiger partial charge in [0, 0.05) is 51.1 Å². The number of aliphatic imine (C=N–C) groups is 1. The summed E-state index contributed by atoms with van der Waals surface area (Å²) in [4.78, 5) is 22.6. The zero-order valence-electron chi connectivity index (χ0n) is 17.2. The van der Waals surface area contributed by atoms with E-state index < -0.39 is 0 Å². The number of likely N-dealkylation sites (tertiary alicyclic amines) is 1. The molecule has 0 unspecified atom stereocenters. The first-order chi connectivity index (χ1) is 14.2. The maximum atomic E-state index is 13.0. The van der Waals surface area contributed by atoms with Crippen LogP contribution in [0.4, 0.5) is 4.39 Å². The van der Waals surface area contributed by atoms with Crippen LogP contribution in [0, 0.1) is 5.82 Å². The molecule has 1 amide bonds. The molecule has 164 valence electrons. The summed E-state index contributed by atoms with van der Waals surface area (Å²) in [5.41, 5.74) is 1.57. The second-order valence-electron chi connectivity index (χ2n) is 6.93. The molecule has 0 atom stereocenters. The number of benzene rings is 1. The Morgan fingerprint density at radius 3 is 2.80 bits per heavy atom. The summed E-state index contributed by atoms with van der Waals surface area (Å²) in [6.45, 7) is 5.76. The molecule has 1 aromatic heterocycles. The predicted molar refractivity (Wildman–Crippen MR) is 125 cm³/mol. The van der Waals surface area contributed by atoms with Crippen LogP contribution < -0.4 is 10.6 Å². The van der Waals surface area contributed by atoms with E-state index in [9.17, 15) is 9.18 Å². The van der Waals surface area contributed by atoms with Crippen molar-refractivity contribution in [3.05, 3.63) is 42.0 Å².